The van der Waals surface area contributed by atoms with E-state index in [0.717, 1.165) is 5.75 Å². The average Bonchev–Trinajstić information content (AvgIpc) is 2.61. The number of carbonyl (C=O) groups is 1. The summed E-state index contributed by atoms with van der Waals surface area (Å²) < 4.78 is 32.6. The Morgan fingerprint density at radius 2 is 1.85 bits per heavy atom. The molecule has 0 aliphatic carbocycles. The zero-order valence-corrected chi connectivity index (χ0v) is 16.8. The molecule has 2 rings (SSSR count). The Morgan fingerprint density at radius 1 is 1.27 bits per heavy atom. The molecule has 1 N–H and O–H groups in total. The summed E-state index contributed by atoms with van der Waals surface area (Å²) in [4.78, 5) is 12.4. The quantitative estimate of drug-likeness (QED) is 0.772. The van der Waals surface area contributed by atoms with Crippen LogP contribution in [0.15, 0.2) is 24.3 Å². The van der Waals surface area contributed by atoms with Crippen LogP contribution < -0.4 is 10.1 Å². The summed E-state index contributed by atoms with van der Waals surface area (Å²) in [6.07, 6.45) is 1.06. The highest BCUT2D eigenvalue weighted by Crippen LogP contribution is 2.21. The monoisotopic (exact) mass is 383 g/mol. The molecule has 1 heterocycles. The van der Waals surface area contributed by atoms with E-state index >= 15 is 0 Å². The molecular weight excluding hydrogens is 354 g/mol. The number of amides is 1. The summed E-state index contributed by atoms with van der Waals surface area (Å²) in [6.45, 7) is 5.04. The Labute approximate surface area is 156 Å². The first-order valence-electron chi connectivity index (χ1n) is 8.87. The molecule has 146 valence electrons. The van der Waals surface area contributed by atoms with Gasteiger partial charge in [-0.1, -0.05) is 17.7 Å². The molecule has 1 fully saturated rings. The molecule has 1 saturated heterocycles. The van der Waals surface area contributed by atoms with E-state index in [1.165, 1.54) is 28.3 Å². The van der Waals surface area contributed by atoms with E-state index in [0.29, 0.717) is 32.5 Å². The number of hydrogen-bond acceptors (Lipinski definition) is 4. The van der Waals surface area contributed by atoms with E-state index in [9.17, 15) is 13.2 Å². The number of hydrogen-bond donors (Lipinski definition) is 1. The second kappa shape index (κ2) is 8.83. The van der Waals surface area contributed by atoms with Crippen molar-refractivity contribution in [2.24, 2.45) is 5.92 Å². The van der Waals surface area contributed by atoms with Crippen LogP contribution in [0.2, 0.25) is 0 Å². The van der Waals surface area contributed by atoms with Crippen molar-refractivity contribution in [3.05, 3.63) is 29.8 Å². The lowest BCUT2D eigenvalue weighted by molar-refractivity contribution is -0.126. The largest absolute Gasteiger partial charge is 0.491 e. The van der Waals surface area contributed by atoms with E-state index < -0.39 is 10.2 Å². The predicted octanol–water partition coefficient (Wildman–Crippen LogP) is 1.40. The number of benzene rings is 1. The molecular formula is C18H29N3O4S. The standard InChI is InChI=1S/C18H29N3O4S/c1-14-5-7-17(8-6-14)25-13-15(2)19-18(22)16-9-11-21(12-10-16)26(23,24)20(3)4/h5-8,15-16H,9-13H2,1-4H3,(H,19,22). The van der Waals surface area contributed by atoms with E-state index in [-0.39, 0.29) is 17.9 Å². The fourth-order valence-corrected chi connectivity index (χ4v) is 3.97. The van der Waals surface area contributed by atoms with E-state index in [1.807, 2.05) is 38.1 Å². The molecule has 1 aromatic carbocycles. The van der Waals surface area contributed by atoms with Crippen molar-refractivity contribution in [1.29, 1.82) is 0 Å². The lowest BCUT2D eigenvalue weighted by atomic mass is 9.97. The third-order valence-electron chi connectivity index (χ3n) is 4.52. The highest BCUT2D eigenvalue weighted by atomic mass is 32.2. The van der Waals surface area contributed by atoms with Gasteiger partial charge in [0.2, 0.25) is 5.91 Å². The number of carbonyl (C=O) groups excluding carboxylic acids is 1. The molecule has 8 heteroatoms. The van der Waals surface area contributed by atoms with Gasteiger partial charge in [0, 0.05) is 33.1 Å². The average molecular weight is 384 g/mol. The first-order valence-corrected chi connectivity index (χ1v) is 10.3. The maximum atomic E-state index is 12.4. The number of nitrogens with zero attached hydrogens (tertiary/aromatic N) is 2. The van der Waals surface area contributed by atoms with Crippen molar-refractivity contribution in [3.63, 3.8) is 0 Å². The highest BCUT2D eigenvalue weighted by molar-refractivity contribution is 7.86. The van der Waals surface area contributed by atoms with Crippen LogP contribution in [0.25, 0.3) is 0 Å². The smallest absolute Gasteiger partial charge is 0.281 e. The maximum absolute atomic E-state index is 12.4. The van der Waals surface area contributed by atoms with Crippen molar-refractivity contribution in [1.82, 2.24) is 13.9 Å². The van der Waals surface area contributed by atoms with Gasteiger partial charge in [-0.3, -0.25) is 4.79 Å². The molecule has 0 saturated carbocycles. The topological polar surface area (TPSA) is 79.0 Å². The fourth-order valence-electron chi connectivity index (χ4n) is 2.84. The van der Waals surface area contributed by atoms with Crippen LogP contribution in [0, 0.1) is 12.8 Å². The van der Waals surface area contributed by atoms with Gasteiger partial charge in [0.15, 0.2) is 0 Å². The number of ether oxygens (including phenoxy) is 1. The van der Waals surface area contributed by atoms with Gasteiger partial charge in [-0.15, -0.1) is 0 Å². The minimum atomic E-state index is -3.40. The number of piperidine rings is 1. The van der Waals surface area contributed by atoms with Gasteiger partial charge in [0.1, 0.15) is 12.4 Å². The van der Waals surface area contributed by atoms with Gasteiger partial charge >= 0.3 is 0 Å². The van der Waals surface area contributed by atoms with Crippen LogP contribution in [-0.2, 0) is 15.0 Å². The Bertz CT molecular complexity index is 696. The lowest BCUT2D eigenvalue weighted by Gasteiger charge is -2.32. The summed E-state index contributed by atoms with van der Waals surface area (Å²) in [7, 11) is -0.364. The minimum Gasteiger partial charge on any atom is -0.491 e. The minimum absolute atomic E-state index is 0.0353. The number of nitrogens with one attached hydrogen (secondary N) is 1. The normalized spacial score (nSPS) is 17.9. The second-order valence-corrected chi connectivity index (χ2v) is 9.14. The van der Waals surface area contributed by atoms with Gasteiger partial charge in [-0.25, -0.2) is 0 Å². The van der Waals surface area contributed by atoms with Crippen LogP contribution in [0.4, 0.5) is 0 Å². The van der Waals surface area contributed by atoms with Gasteiger partial charge in [0.05, 0.1) is 6.04 Å². The third-order valence-corrected chi connectivity index (χ3v) is 6.46. The van der Waals surface area contributed by atoms with Crippen molar-refractivity contribution in [3.8, 4) is 5.75 Å². The van der Waals surface area contributed by atoms with Crippen molar-refractivity contribution < 1.29 is 17.9 Å². The second-order valence-electron chi connectivity index (χ2n) is 7.00. The molecule has 7 nitrogen and oxygen atoms in total. The molecule has 26 heavy (non-hydrogen) atoms. The molecule has 1 unspecified atom stereocenters. The highest BCUT2D eigenvalue weighted by Gasteiger charge is 2.32. The lowest BCUT2D eigenvalue weighted by Crippen LogP contribution is -2.48. The van der Waals surface area contributed by atoms with Crippen LogP contribution in [0.3, 0.4) is 0 Å². The fraction of sp³-hybridized carbons (Fsp3) is 0.611. The molecule has 1 aliphatic heterocycles. The van der Waals surface area contributed by atoms with Crippen LogP contribution in [-0.4, -0.2) is 62.8 Å². The van der Waals surface area contributed by atoms with Gasteiger partial charge in [0.25, 0.3) is 10.2 Å². The zero-order chi connectivity index (χ0) is 19.3. The van der Waals surface area contributed by atoms with Crippen molar-refractivity contribution >= 4 is 16.1 Å². The molecule has 0 bridgehead atoms. The van der Waals surface area contributed by atoms with Gasteiger partial charge in [-0.05, 0) is 38.8 Å². The van der Waals surface area contributed by atoms with E-state index in [4.69, 9.17) is 4.74 Å². The Hall–Kier alpha value is -1.64. The van der Waals surface area contributed by atoms with E-state index in [1.54, 1.807) is 0 Å². The summed E-state index contributed by atoms with van der Waals surface area (Å²) in [5.74, 6) is 0.580. The van der Waals surface area contributed by atoms with Gasteiger partial charge < -0.3 is 10.1 Å². The zero-order valence-electron chi connectivity index (χ0n) is 15.9. The molecule has 0 spiro atoms. The van der Waals surface area contributed by atoms with E-state index in [2.05, 4.69) is 5.32 Å². The Kier molecular flexibility index (Phi) is 7.02. The summed E-state index contributed by atoms with van der Waals surface area (Å²) >= 11 is 0. The summed E-state index contributed by atoms with van der Waals surface area (Å²) in [6, 6.07) is 7.66. The molecule has 1 amide bonds. The first kappa shape index (κ1) is 20.7. The Morgan fingerprint density at radius 3 is 2.38 bits per heavy atom. The van der Waals surface area contributed by atoms with Crippen molar-refractivity contribution in [2.75, 3.05) is 33.8 Å². The maximum Gasteiger partial charge on any atom is 0.281 e. The molecule has 1 aromatic rings. The third kappa shape index (κ3) is 5.43. The molecule has 1 atom stereocenters. The SMILES string of the molecule is Cc1ccc(OCC(C)NC(=O)C2CCN(S(=O)(=O)N(C)C)CC2)cc1. The van der Waals surface area contributed by atoms with Crippen molar-refractivity contribution in [2.45, 2.75) is 32.7 Å². The van der Waals surface area contributed by atoms with Gasteiger partial charge in [-0.2, -0.15) is 17.0 Å². The predicted molar refractivity (Wildman–Crippen MR) is 101 cm³/mol. The van der Waals surface area contributed by atoms with Crippen LogP contribution in [0.1, 0.15) is 25.3 Å². The molecule has 1 aliphatic rings. The molecule has 0 radical (unpaired) electrons. The molecule has 0 aromatic heterocycles. The number of aryl methyl sites for hydroxylation is 1. The first-order chi connectivity index (χ1) is 12.2. The van der Waals surface area contributed by atoms with Crippen LogP contribution >= 0.6 is 0 Å². The van der Waals surface area contributed by atoms with Crippen LogP contribution in [0.5, 0.6) is 5.75 Å². The number of rotatable bonds is 7. The Balaban J connectivity index is 1.77. The summed E-state index contributed by atoms with van der Waals surface area (Å²) in [5, 5.41) is 2.97. The summed E-state index contributed by atoms with van der Waals surface area (Å²) in [5.41, 5.74) is 1.17.